The maximum absolute atomic E-state index is 10.4. The smallest absolute Gasteiger partial charge is 0.320 e. The maximum Gasteiger partial charge on any atom is 1.00 e. The van der Waals surface area contributed by atoms with Crippen molar-refractivity contribution in [2.45, 2.75) is 0 Å². The molecule has 3 nitrogen and oxygen atoms in total. The molecule has 3 heteroatoms. The van der Waals surface area contributed by atoms with Crippen LogP contribution in [0.3, 0.4) is 0 Å². The standard InChI is InChI=1S/C8H6N2O/c11-6-7-8-2-1-4-10(8)5-3-9-7/h1-6H/p+1. The normalized spacial score (nSPS) is 10.2. The topological polar surface area (TPSA) is 34.4 Å². The van der Waals surface area contributed by atoms with Gasteiger partial charge in [0.1, 0.15) is 5.69 Å². The van der Waals surface area contributed by atoms with Crippen molar-refractivity contribution >= 4 is 11.8 Å². The van der Waals surface area contributed by atoms with Gasteiger partial charge in [-0.1, -0.05) is 0 Å². The average Bonchev–Trinajstić information content (AvgIpc) is 2.50. The van der Waals surface area contributed by atoms with Crippen molar-refractivity contribution < 1.29 is 6.22 Å². The van der Waals surface area contributed by atoms with Crippen LogP contribution in [0.2, 0.25) is 0 Å². The first-order chi connectivity index (χ1) is 5.42. The quantitative estimate of drug-likeness (QED) is 0.569. The lowest BCUT2D eigenvalue weighted by Crippen LogP contribution is -1.91. The molecule has 2 heterocycles. The number of fused-ring (bicyclic) bond motifs is 1. The predicted molar refractivity (Wildman–Crippen MR) is 41.7 cm³/mol. The molecule has 2 rings (SSSR count). The van der Waals surface area contributed by atoms with E-state index in [0.29, 0.717) is 5.69 Å². The van der Waals surface area contributed by atoms with Crippen LogP contribution in [-0.4, -0.2) is 15.7 Å². The first kappa shape index (κ1) is 6.09. The summed E-state index contributed by atoms with van der Waals surface area (Å²) in [6.45, 7) is 0. The number of aldehydes is 1. The van der Waals surface area contributed by atoms with Gasteiger partial charge in [0.15, 0.2) is 6.29 Å². The Morgan fingerprint density at radius 2 is 2.45 bits per heavy atom. The molecule has 54 valence electrons. The van der Waals surface area contributed by atoms with Crippen molar-refractivity contribution in [2.75, 3.05) is 0 Å². The Kier molecular flexibility index (Phi) is 1.22. The molecule has 0 saturated heterocycles. The van der Waals surface area contributed by atoms with E-state index in [2.05, 4.69) is 4.98 Å². The second kappa shape index (κ2) is 2.20. The molecule has 2 aromatic rings. The number of rotatable bonds is 1. The fourth-order valence-electron chi connectivity index (χ4n) is 1.08. The molecule has 0 N–H and O–H groups in total. The molecule has 0 atom stereocenters. The fourth-order valence-corrected chi connectivity index (χ4v) is 1.08. The summed E-state index contributed by atoms with van der Waals surface area (Å²) < 4.78 is 1.86. The van der Waals surface area contributed by atoms with Crippen LogP contribution in [0.4, 0.5) is 0 Å². The summed E-state index contributed by atoms with van der Waals surface area (Å²) in [4.78, 5) is 14.4. The van der Waals surface area contributed by atoms with Crippen molar-refractivity contribution in [3.63, 3.8) is 0 Å². The van der Waals surface area contributed by atoms with Crippen molar-refractivity contribution in [3.8, 4) is 0 Å². The Labute approximate surface area is 64.8 Å². The van der Waals surface area contributed by atoms with Crippen LogP contribution < -0.4 is 0 Å². The summed E-state index contributed by atoms with van der Waals surface area (Å²) >= 11 is 0. The minimum absolute atomic E-state index is 0. The van der Waals surface area contributed by atoms with E-state index in [4.69, 9.17) is 0 Å². The van der Waals surface area contributed by atoms with Crippen LogP contribution in [-0.2, 0) is 0 Å². The van der Waals surface area contributed by atoms with Crippen molar-refractivity contribution in [3.05, 3.63) is 36.4 Å². The molecule has 0 radical (unpaired) electrons. The number of hydrogen-bond acceptors (Lipinski definition) is 2. The van der Waals surface area contributed by atoms with Gasteiger partial charge in [-0.05, 0) is 12.1 Å². The van der Waals surface area contributed by atoms with E-state index in [9.17, 15) is 4.79 Å². The highest BCUT2D eigenvalue weighted by Gasteiger charge is 1.97. The summed E-state index contributed by atoms with van der Waals surface area (Å²) in [6, 6.07) is 3.74. The monoisotopic (exact) mass is 147 g/mol. The van der Waals surface area contributed by atoms with Crippen LogP contribution in [0.25, 0.3) is 5.52 Å². The number of aromatic nitrogens is 2. The lowest BCUT2D eigenvalue weighted by atomic mass is 10.4. The molecular weight excluding hydrogens is 140 g/mol. The summed E-state index contributed by atoms with van der Waals surface area (Å²) in [6.07, 6.45) is 6.05. The highest BCUT2D eigenvalue weighted by molar-refractivity contribution is 5.82. The van der Waals surface area contributed by atoms with E-state index in [1.807, 2.05) is 28.9 Å². The molecule has 0 aliphatic heterocycles. The molecule has 2 aromatic heterocycles. The average molecular weight is 147 g/mol. The summed E-state index contributed by atoms with van der Waals surface area (Å²) in [5.74, 6) is 0. The van der Waals surface area contributed by atoms with Gasteiger partial charge in [0.25, 0.3) is 0 Å². The fraction of sp³-hybridized carbons (Fsp3) is 0. The predicted octanol–water partition coefficient (Wildman–Crippen LogP) is 1.26. The molecule has 0 saturated carbocycles. The Hall–Kier alpha value is -1.64. The van der Waals surface area contributed by atoms with Crippen LogP contribution in [0.15, 0.2) is 30.7 Å². The van der Waals surface area contributed by atoms with E-state index in [-0.39, 0.29) is 1.43 Å². The Morgan fingerprint density at radius 3 is 3.27 bits per heavy atom. The van der Waals surface area contributed by atoms with Gasteiger partial charge >= 0.3 is 1.43 Å². The first-order valence-electron chi connectivity index (χ1n) is 3.28. The zero-order valence-electron chi connectivity index (χ0n) is 6.77. The van der Waals surface area contributed by atoms with E-state index >= 15 is 0 Å². The first-order valence-corrected chi connectivity index (χ1v) is 3.28. The van der Waals surface area contributed by atoms with E-state index in [0.717, 1.165) is 11.8 Å². The second-order valence-corrected chi connectivity index (χ2v) is 2.23. The minimum Gasteiger partial charge on any atom is -0.320 e. The van der Waals surface area contributed by atoms with Crippen molar-refractivity contribution in [1.29, 1.82) is 0 Å². The van der Waals surface area contributed by atoms with Gasteiger partial charge in [0, 0.05) is 18.6 Å². The van der Waals surface area contributed by atoms with Crippen LogP contribution in [0.5, 0.6) is 0 Å². The van der Waals surface area contributed by atoms with E-state index in [1.165, 1.54) is 0 Å². The van der Waals surface area contributed by atoms with Gasteiger partial charge < -0.3 is 4.40 Å². The van der Waals surface area contributed by atoms with Gasteiger partial charge in [-0.2, -0.15) is 0 Å². The molecule has 0 aromatic carbocycles. The largest absolute Gasteiger partial charge is 1.00 e. The summed E-state index contributed by atoms with van der Waals surface area (Å²) in [5, 5.41) is 0. The van der Waals surface area contributed by atoms with Gasteiger partial charge in [-0.15, -0.1) is 0 Å². The molecule has 0 unspecified atom stereocenters. The molecule has 0 bridgehead atoms. The second-order valence-electron chi connectivity index (χ2n) is 2.23. The minimum atomic E-state index is 0. The number of carbonyl (C=O) groups is 1. The lowest BCUT2D eigenvalue weighted by molar-refractivity contribution is 0.112. The number of carbonyl (C=O) groups excluding carboxylic acids is 1. The Bertz CT molecular complexity index is 397. The van der Waals surface area contributed by atoms with E-state index < -0.39 is 0 Å². The molecule has 0 fully saturated rings. The SMILES string of the molecule is O=Cc1nccn2cccc12.[H+]. The lowest BCUT2D eigenvalue weighted by Gasteiger charge is -1.94. The third-order valence-electron chi connectivity index (χ3n) is 1.59. The third-order valence-corrected chi connectivity index (χ3v) is 1.59. The van der Waals surface area contributed by atoms with E-state index in [1.54, 1.807) is 6.20 Å². The van der Waals surface area contributed by atoms with Crippen molar-refractivity contribution in [1.82, 2.24) is 9.38 Å². The molecule has 11 heavy (non-hydrogen) atoms. The van der Waals surface area contributed by atoms with Gasteiger partial charge in [-0.3, -0.25) is 4.79 Å². The third kappa shape index (κ3) is 0.816. The van der Waals surface area contributed by atoms with Crippen LogP contribution >= 0.6 is 0 Å². The van der Waals surface area contributed by atoms with Crippen molar-refractivity contribution in [2.24, 2.45) is 0 Å². The zero-order valence-corrected chi connectivity index (χ0v) is 5.77. The molecular formula is C8H7N2O+. The highest BCUT2D eigenvalue weighted by Crippen LogP contribution is 2.05. The Balaban J connectivity index is 0.000000720. The molecule has 0 aliphatic carbocycles. The highest BCUT2D eigenvalue weighted by atomic mass is 16.1. The number of hydrogen-bond donors (Lipinski definition) is 0. The summed E-state index contributed by atoms with van der Waals surface area (Å²) in [5.41, 5.74) is 1.33. The molecule has 0 amide bonds. The molecule has 0 aliphatic rings. The molecule has 0 spiro atoms. The maximum atomic E-state index is 10.4. The van der Waals surface area contributed by atoms with Gasteiger partial charge in [-0.25, -0.2) is 4.98 Å². The van der Waals surface area contributed by atoms with Gasteiger partial charge in [0.2, 0.25) is 0 Å². The number of nitrogens with zero attached hydrogens (tertiary/aromatic N) is 2. The zero-order chi connectivity index (χ0) is 7.68. The van der Waals surface area contributed by atoms with Crippen LogP contribution in [0.1, 0.15) is 11.9 Å². The van der Waals surface area contributed by atoms with Gasteiger partial charge in [0.05, 0.1) is 5.52 Å². The summed E-state index contributed by atoms with van der Waals surface area (Å²) in [7, 11) is 0. The van der Waals surface area contributed by atoms with Crippen LogP contribution in [0, 0.1) is 0 Å². The Morgan fingerprint density at radius 1 is 1.55 bits per heavy atom.